The maximum atomic E-state index is 13.9. The number of hydrogen-bond acceptors (Lipinski definition) is 4. The van der Waals surface area contributed by atoms with Crippen molar-refractivity contribution in [1.82, 2.24) is 4.31 Å². The Morgan fingerprint density at radius 1 is 1.12 bits per heavy atom. The Morgan fingerprint density at radius 2 is 1.75 bits per heavy atom. The first kappa shape index (κ1) is 16.0. The fraction of sp³-hybridized carbons (Fsp3) is 0.0625. The van der Waals surface area contributed by atoms with Gasteiger partial charge in [0.15, 0.2) is 11.5 Å². The normalized spacial score (nSPS) is 16.0. The molecular weight excluding hydrogens is 335 g/mol. The van der Waals surface area contributed by atoms with Crippen molar-refractivity contribution in [3.8, 4) is 0 Å². The molecule has 0 saturated carbocycles. The first-order valence-electron chi connectivity index (χ1n) is 6.92. The van der Waals surface area contributed by atoms with Gasteiger partial charge < -0.3 is 10.8 Å². The van der Waals surface area contributed by atoms with Crippen LogP contribution in [0.5, 0.6) is 0 Å². The number of halogens is 1. The highest BCUT2D eigenvalue weighted by Gasteiger charge is 2.39. The van der Waals surface area contributed by atoms with Gasteiger partial charge in [-0.25, -0.2) is 12.8 Å². The largest absolute Gasteiger partial charge is 0.505 e. The van der Waals surface area contributed by atoms with E-state index in [1.165, 1.54) is 48.5 Å². The van der Waals surface area contributed by atoms with Gasteiger partial charge >= 0.3 is 0 Å². The third-order valence-electron chi connectivity index (χ3n) is 3.69. The monoisotopic (exact) mass is 348 g/mol. The summed E-state index contributed by atoms with van der Waals surface area (Å²) in [5.74, 6) is -2.30. The molecule has 3 rings (SSSR count). The number of benzene rings is 2. The lowest BCUT2D eigenvalue weighted by molar-refractivity contribution is -0.115. The number of rotatable bonds is 3. The molecule has 1 heterocycles. The zero-order valence-electron chi connectivity index (χ0n) is 12.3. The number of amides is 1. The van der Waals surface area contributed by atoms with Crippen molar-refractivity contribution < 1.29 is 22.7 Å². The zero-order chi connectivity index (χ0) is 17.5. The highest BCUT2D eigenvalue weighted by molar-refractivity contribution is 7.89. The first-order valence-corrected chi connectivity index (χ1v) is 8.36. The summed E-state index contributed by atoms with van der Waals surface area (Å²) < 4.78 is 40.2. The second-order valence-electron chi connectivity index (χ2n) is 5.16. The third-order valence-corrected chi connectivity index (χ3v) is 5.49. The molecule has 1 aliphatic rings. The summed E-state index contributed by atoms with van der Waals surface area (Å²) in [4.78, 5) is 11.6. The topological polar surface area (TPSA) is 101 Å². The van der Waals surface area contributed by atoms with E-state index in [2.05, 4.69) is 0 Å². The Morgan fingerprint density at radius 3 is 2.42 bits per heavy atom. The van der Waals surface area contributed by atoms with Gasteiger partial charge in [-0.05, 0) is 18.2 Å². The summed E-state index contributed by atoms with van der Waals surface area (Å²) in [5.41, 5.74) is 4.71. The third kappa shape index (κ3) is 2.41. The quantitative estimate of drug-likeness (QED) is 0.882. The second-order valence-corrected chi connectivity index (χ2v) is 6.99. The van der Waals surface area contributed by atoms with Gasteiger partial charge in [-0.1, -0.05) is 30.3 Å². The van der Waals surface area contributed by atoms with E-state index in [4.69, 9.17) is 5.73 Å². The number of carbonyl (C=O) groups is 1. The molecule has 0 radical (unpaired) electrons. The Labute approximate surface area is 137 Å². The molecule has 0 saturated heterocycles. The van der Waals surface area contributed by atoms with E-state index in [1.54, 1.807) is 0 Å². The zero-order valence-corrected chi connectivity index (χ0v) is 13.1. The molecule has 6 nitrogen and oxygen atoms in total. The summed E-state index contributed by atoms with van der Waals surface area (Å²) in [7, 11) is -4.18. The van der Waals surface area contributed by atoms with Crippen LogP contribution in [0.2, 0.25) is 0 Å². The Balaban J connectivity index is 2.23. The number of nitrogens with zero attached hydrogens (tertiary/aromatic N) is 1. The van der Waals surface area contributed by atoms with Crippen molar-refractivity contribution in [3.63, 3.8) is 0 Å². The predicted octanol–water partition coefficient (Wildman–Crippen LogP) is 1.74. The van der Waals surface area contributed by atoms with Crippen molar-refractivity contribution in [3.05, 3.63) is 71.2 Å². The lowest BCUT2D eigenvalue weighted by atomic mass is 10.1. The van der Waals surface area contributed by atoms with Crippen molar-refractivity contribution in [2.24, 2.45) is 5.73 Å². The van der Waals surface area contributed by atoms with Gasteiger partial charge in [0.2, 0.25) is 0 Å². The number of carbonyl (C=O) groups excluding carboxylic acids is 1. The minimum Gasteiger partial charge on any atom is -0.505 e. The van der Waals surface area contributed by atoms with E-state index in [1.807, 2.05) is 0 Å². The fourth-order valence-electron chi connectivity index (χ4n) is 2.56. The number of primary amides is 1. The number of aliphatic hydroxyl groups is 1. The molecule has 3 N–H and O–H groups in total. The summed E-state index contributed by atoms with van der Waals surface area (Å²) >= 11 is 0. The number of hydrogen-bond donors (Lipinski definition) is 2. The van der Waals surface area contributed by atoms with Crippen molar-refractivity contribution >= 4 is 21.7 Å². The SMILES string of the molecule is NC(=O)C1=C(O)c2ccccc2S(=O)(=O)N1Cc1ccccc1F. The molecule has 0 unspecified atom stereocenters. The summed E-state index contributed by atoms with van der Waals surface area (Å²) in [6.45, 7) is -0.467. The summed E-state index contributed by atoms with van der Waals surface area (Å²) in [6.07, 6.45) is 0. The molecule has 0 spiro atoms. The Kier molecular flexibility index (Phi) is 3.76. The summed E-state index contributed by atoms with van der Waals surface area (Å²) in [5, 5.41) is 10.3. The van der Waals surface area contributed by atoms with Gasteiger partial charge in [-0.15, -0.1) is 0 Å². The van der Waals surface area contributed by atoms with Gasteiger partial charge in [-0.3, -0.25) is 9.10 Å². The highest BCUT2D eigenvalue weighted by atomic mass is 32.2. The van der Waals surface area contributed by atoms with Crippen LogP contribution in [0, 0.1) is 5.82 Å². The van der Waals surface area contributed by atoms with Crippen LogP contribution in [-0.2, 0) is 21.4 Å². The average molecular weight is 348 g/mol. The Bertz CT molecular complexity index is 970. The maximum Gasteiger partial charge on any atom is 0.269 e. The molecule has 0 fully saturated rings. The molecule has 0 bridgehead atoms. The van der Waals surface area contributed by atoms with Gasteiger partial charge in [0.1, 0.15) is 5.82 Å². The van der Waals surface area contributed by atoms with Crippen molar-refractivity contribution in [2.45, 2.75) is 11.4 Å². The van der Waals surface area contributed by atoms with Gasteiger partial charge in [-0.2, -0.15) is 0 Å². The average Bonchev–Trinajstić information content (AvgIpc) is 2.54. The molecule has 2 aromatic rings. The van der Waals surface area contributed by atoms with E-state index in [0.29, 0.717) is 4.31 Å². The van der Waals surface area contributed by atoms with Gasteiger partial charge in [0, 0.05) is 11.1 Å². The van der Waals surface area contributed by atoms with E-state index < -0.39 is 39.7 Å². The number of sulfonamides is 1. The molecule has 0 aromatic heterocycles. The van der Waals surface area contributed by atoms with E-state index in [9.17, 15) is 22.7 Å². The minimum atomic E-state index is -4.18. The number of nitrogens with two attached hydrogens (primary N) is 1. The van der Waals surface area contributed by atoms with Crippen LogP contribution in [0.3, 0.4) is 0 Å². The molecule has 0 atom stereocenters. The molecule has 1 amide bonds. The highest BCUT2D eigenvalue weighted by Crippen LogP contribution is 2.36. The second kappa shape index (κ2) is 5.64. The molecule has 8 heteroatoms. The molecule has 24 heavy (non-hydrogen) atoms. The van der Waals surface area contributed by atoms with Gasteiger partial charge in [0.25, 0.3) is 15.9 Å². The molecule has 0 aliphatic carbocycles. The van der Waals surface area contributed by atoms with E-state index >= 15 is 0 Å². The molecule has 124 valence electrons. The fourth-order valence-corrected chi connectivity index (χ4v) is 4.21. The molecular formula is C16H13FN2O4S. The predicted molar refractivity (Wildman–Crippen MR) is 84.3 cm³/mol. The van der Waals surface area contributed by atoms with Crippen molar-refractivity contribution in [2.75, 3.05) is 0 Å². The maximum absolute atomic E-state index is 13.9. The van der Waals surface area contributed by atoms with Gasteiger partial charge in [0.05, 0.1) is 11.4 Å². The van der Waals surface area contributed by atoms with Crippen LogP contribution >= 0.6 is 0 Å². The van der Waals surface area contributed by atoms with Crippen LogP contribution in [0.1, 0.15) is 11.1 Å². The first-order chi connectivity index (χ1) is 11.3. The number of aliphatic hydroxyl groups excluding tert-OH is 1. The minimum absolute atomic E-state index is 0.0175. The van der Waals surface area contributed by atoms with Crippen molar-refractivity contribution in [1.29, 1.82) is 0 Å². The lowest BCUT2D eigenvalue weighted by Crippen LogP contribution is -2.40. The Hall–Kier alpha value is -2.87. The van der Waals surface area contributed by atoms with Crippen LogP contribution in [-0.4, -0.2) is 23.7 Å². The van der Waals surface area contributed by atoms with E-state index in [0.717, 1.165) is 0 Å². The van der Waals surface area contributed by atoms with Crippen LogP contribution in [0.15, 0.2) is 59.1 Å². The van der Waals surface area contributed by atoms with Crippen LogP contribution in [0.4, 0.5) is 4.39 Å². The number of fused-ring (bicyclic) bond motifs is 1. The lowest BCUT2D eigenvalue weighted by Gasteiger charge is -2.30. The van der Waals surface area contributed by atoms with Crippen LogP contribution in [0.25, 0.3) is 5.76 Å². The smallest absolute Gasteiger partial charge is 0.269 e. The van der Waals surface area contributed by atoms with Crippen LogP contribution < -0.4 is 5.73 Å². The standard InChI is InChI=1S/C16H13FN2O4S/c17-12-7-3-1-5-10(12)9-19-14(16(18)21)15(20)11-6-2-4-8-13(11)24(19,22)23/h1-8,20H,9H2,(H2,18,21). The summed E-state index contributed by atoms with van der Waals surface area (Å²) in [6, 6.07) is 11.2. The van der Waals surface area contributed by atoms with E-state index in [-0.39, 0.29) is 16.0 Å². The molecule has 2 aromatic carbocycles. The molecule has 1 aliphatic heterocycles.